The third-order valence-electron chi connectivity index (χ3n) is 2.06. The van der Waals surface area contributed by atoms with Gasteiger partial charge in [-0.05, 0) is 18.2 Å². The lowest BCUT2D eigenvalue weighted by molar-refractivity contribution is 0.0963. The summed E-state index contributed by atoms with van der Waals surface area (Å²) in [4.78, 5) is 11.4. The van der Waals surface area contributed by atoms with Gasteiger partial charge in [0.1, 0.15) is 0 Å². The lowest BCUT2D eigenvalue weighted by atomic mass is 10.1. The molecule has 0 fully saturated rings. The highest BCUT2D eigenvalue weighted by Crippen LogP contribution is 2.19. The molecule has 1 aromatic carbocycles. The zero-order valence-corrected chi connectivity index (χ0v) is 9.76. The minimum Gasteiger partial charge on any atom is -0.387 e. The average Bonchev–Trinajstić information content (AvgIpc) is 2.25. The number of anilines is 1. The van der Waals surface area contributed by atoms with Crippen LogP contribution in [0.15, 0.2) is 23.1 Å². The fraction of sp³-hybridized carbons (Fsp3) is 0.222. The van der Waals surface area contributed by atoms with Crippen LogP contribution in [0.5, 0.6) is 0 Å². The van der Waals surface area contributed by atoms with E-state index in [9.17, 15) is 13.2 Å². The zero-order chi connectivity index (χ0) is 12.3. The molecule has 6 nitrogen and oxygen atoms in total. The molecule has 88 valence electrons. The molecule has 0 aromatic heterocycles. The summed E-state index contributed by atoms with van der Waals surface area (Å²) in [6.45, 7) is 0. The molecule has 0 aliphatic carbocycles. The molecule has 0 aliphatic heterocycles. The maximum Gasteiger partial charge on any atom is 0.253 e. The molecule has 0 atom stereocenters. The van der Waals surface area contributed by atoms with E-state index in [-0.39, 0.29) is 16.4 Å². The highest BCUT2D eigenvalue weighted by molar-refractivity contribution is 7.89. The molecular formula is C9H13N3O3S. The van der Waals surface area contributed by atoms with Gasteiger partial charge in [-0.15, -0.1) is 0 Å². The Balaban J connectivity index is 3.38. The Morgan fingerprint density at radius 3 is 2.38 bits per heavy atom. The van der Waals surface area contributed by atoms with Crippen LogP contribution in [-0.2, 0) is 10.0 Å². The van der Waals surface area contributed by atoms with Crippen LogP contribution >= 0.6 is 0 Å². The van der Waals surface area contributed by atoms with Crippen LogP contribution in [0.1, 0.15) is 10.4 Å². The number of hydrogen-bond donors (Lipinski definition) is 3. The Morgan fingerprint density at radius 2 is 1.94 bits per heavy atom. The number of carbonyl (C=O) groups is 1. The Kier molecular flexibility index (Phi) is 3.51. The SMILES string of the molecule is CNC(=O)c1cc(S(N)(=O)=O)ccc1NC. The van der Waals surface area contributed by atoms with Crippen molar-refractivity contribution in [3.63, 3.8) is 0 Å². The molecule has 0 unspecified atom stereocenters. The molecule has 16 heavy (non-hydrogen) atoms. The predicted octanol–water partition coefficient (Wildman–Crippen LogP) is -0.265. The van der Waals surface area contributed by atoms with Gasteiger partial charge in [-0.25, -0.2) is 13.6 Å². The van der Waals surface area contributed by atoms with Gasteiger partial charge in [-0.3, -0.25) is 4.79 Å². The van der Waals surface area contributed by atoms with Crippen LogP contribution in [0.3, 0.4) is 0 Å². The summed E-state index contributed by atoms with van der Waals surface area (Å²) in [7, 11) is -0.699. The number of nitrogens with two attached hydrogens (primary N) is 1. The predicted molar refractivity (Wildman–Crippen MR) is 60.8 cm³/mol. The first-order chi connectivity index (χ1) is 7.40. The normalized spacial score (nSPS) is 10.9. The monoisotopic (exact) mass is 243 g/mol. The van der Waals surface area contributed by atoms with Gasteiger partial charge >= 0.3 is 0 Å². The second-order valence-corrected chi connectivity index (χ2v) is 4.64. The van der Waals surface area contributed by atoms with Crippen molar-refractivity contribution in [1.82, 2.24) is 5.32 Å². The first-order valence-electron chi connectivity index (χ1n) is 4.47. The van der Waals surface area contributed by atoms with Crippen molar-refractivity contribution in [1.29, 1.82) is 0 Å². The van der Waals surface area contributed by atoms with E-state index in [2.05, 4.69) is 10.6 Å². The third-order valence-corrected chi connectivity index (χ3v) is 2.97. The number of hydrogen-bond acceptors (Lipinski definition) is 4. The molecule has 7 heteroatoms. The molecule has 0 radical (unpaired) electrons. The first kappa shape index (κ1) is 12.5. The summed E-state index contributed by atoms with van der Waals surface area (Å²) in [5.41, 5.74) is 0.767. The van der Waals surface area contributed by atoms with E-state index >= 15 is 0 Å². The number of amides is 1. The van der Waals surface area contributed by atoms with Crippen LogP contribution in [0.25, 0.3) is 0 Å². The van der Waals surface area contributed by atoms with Crippen LogP contribution in [-0.4, -0.2) is 28.4 Å². The van der Waals surface area contributed by atoms with Crippen LogP contribution in [0.4, 0.5) is 5.69 Å². The summed E-state index contributed by atoms with van der Waals surface area (Å²) in [6, 6.07) is 4.07. The molecule has 0 aliphatic rings. The first-order valence-corrected chi connectivity index (χ1v) is 6.01. The lowest BCUT2D eigenvalue weighted by Crippen LogP contribution is -2.20. The van der Waals surface area contributed by atoms with E-state index in [1.165, 1.54) is 25.2 Å². The van der Waals surface area contributed by atoms with Crippen molar-refractivity contribution >= 4 is 21.6 Å². The van der Waals surface area contributed by atoms with E-state index in [1.807, 2.05) is 0 Å². The Hall–Kier alpha value is -1.60. The van der Waals surface area contributed by atoms with Crippen LogP contribution < -0.4 is 15.8 Å². The van der Waals surface area contributed by atoms with Gasteiger partial charge in [-0.1, -0.05) is 0 Å². The smallest absolute Gasteiger partial charge is 0.253 e. The van der Waals surface area contributed by atoms with Gasteiger partial charge in [0.05, 0.1) is 10.5 Å². The highest BCUT2D eigenvalue weighted by atomic mass is 32.2. The van der Waals surface area contributed by atoms with Gasteiger partial charge in [-0.2, -0.15) is 0 Å². The largest absolute Gasteiger partial charge is 0.387 e. The number of rotatable bonds is 3. The van der Waals surface area contributed by atoms with Gasteiger partial charge in [0.25, 0.3) is 5.91 Å². The summed E-state index contributed by atoms with van der Waals surface area (Å²) >= 11 is 0. The summed E-state index contributed by atoms with van der Waals surface area (Å²) in [5, 5.41) is 10.2. The van der Waals surface area contributed by atoms with E-state index in [0.29, 0.717) is 5.69 Å². The van der Waals surface area contributed by atoms with E-state index < -0.39 is 10.0 Å². The number of nitrogens with one attached hydrogen (secondary N) is 2. The molecule has 0 saturated carbocycles. The molecule has 0 spiro atoms. The number of sulfonamides is 1. The third kappa shape index (κ3) is 2.50. The fourth-order valence-electron chi connectivity index (χ4n) is 1.24. The molecule has 1 aromatic rings. The van der Waals surface area contributed by atoms with Crippen molar-refractivity contribution in [3.8, 4) is 0 Å². The topological polar surface area (TPSA) is 101 Å². The Bertz CT molecular complexity index is 511. The summed E-state index contributed by atoms with van der Waals surface area (Å²) < 4.78 is 22.2. The van der Waals surface area contributed by atoms with Gasteiger partial charge in [0.15, 0.2) is 0 Å². The van der Waals surface area contributed by atoms with Gasteiger partial charge in [0, 0.05) is 19.8 Å². The molecule has 0 heterocycles. The molecule has 1 amide bonds. The zero-order valence-electron chi connectivity index (χ0n) is 8.94. The van der Waals surface area contributed by atoms with Crippen molar-refractivity contribution in [3.05, 3.63) is 23.8 Å². The Labute approximate surface area is 93.9 Å². The molecule has 4 N–H and O–H groups in total. The minimum absolute atomic E-state index is 0.0925. The summed E-state index contributed by atoms with van der Waals surface area (Å²) in [6.07, 6.45) is 0. The molecule has 0 saturated heterocycles. The van der Waals surface area contributed by atoms with Gasteiger partial charge in [0.2, 0.25) is 10.0 Å². The minimum atomic E-state index is -3.80. The molecule has 0 bridgehead atoms. The standard InChI is InChI=1S/C9H13N3O3S/c1-11-8-4-3-6(16(10,14)15)5-7(8)9(13)12-2/h3-5,11H,1-2H3,(H,12,13)(H2,10,14,15). The fourth-order valence-corrected chi connectivity index (χ4v) is 1.78. The molecular weight excluding hydrogens is 230 g/mol. The highest BCUT2D eigenvalue weighted by Gasteiger charge is 2.14. The van der Waals surface area contributed by atoms with Crippen molar-refractivity contribution in [2.75, 3.05) is 19.4 Å². The maximum atomic E-state index is 11.5. The van der Waals surface area contributed by atoms with Crippen molar-refractivity contribution in [2.45, 2.75) is 4.90 Å². The quantitative estimate of drug-likeness (QED) is 0.680. The summed E-state index contributed by atoms with van der Waals surface area (Å²) in [5.74, 6) is -0.380. The number of carbonyl (C=O) groups excluding carboxylic acids is 1. The average molecular weight is 243 g/mol. The Morgan fingerprint density at radius 1 is 1.31 bits per heavy atom. The van der Waals surface area contributed by atoms with Crippen LogP contribution in [0, 0.1) is 0 Å². The lowest BCUT2D eigenvalue weighted by Gasteiger charge is -2.09. The maximum absolute atomic E-state index is 11.5. The molecule has 1 rings (SSSR count). The number of primary sulfonamides is 1. The van der Waals surface area contributed by atoms with E-state index in [4.69, 9.17) is 5.14 Å². The van der Waals surface area contributed by atoms with E-state index in [0.717, 1.165) is 0 Å². The van der Waals surface area contributed by atoms with Crippen LogP contribution in [0.2, 0.25) is 0 Å². The van der Waals surface area contributed by atoms with Gasteiger partial charge < -0.3 is 10.6 Å². The second kappa shape index (κ2) is 4.50. The second-order valence-electron chi connectivity index (χ2n) is 3.08. The number of benzene rings is 1. The van der Waals surface area contributed by atoms with Crippen molar-refractivity contribution < 1.29 is 13.2 Å². The van der Waals surface area contributed by atoms with Crippen molar-refractivity contribution in [2.24, 2.45) is 5.14 Å². The van der Waals surface area contributed by atoms with E-state index in [1.54, 1.807) is 7.05 Å².